The molecule has 8 nitrogen and oxygen atoms in total. The van der Waals surface area contributed by atoms with E-state index in [1.165, 1.54) is 17.0 Å². The summed E-state index contributed by atoms with van der Waals surface area (Å²) in [5.41, 5.74) is 3.16. The van der Waals surface area contributed by atoms with Gasteiger partial charge in [0, 0.05) is 42.5 Å². The number of hydrogen-bond donors (Lipinski definition) is 0. The summed E-state index contributed by atoms with van der Waals surface area (Å²) in [5.74, 6) is -1.50. The Morgan fingerprint density at radius 1 is 0.872 bits per heavy atom. The molecule has 0 bridgehead atoms. The molecule has 200 valence electrons. The fourth-order valence-electron chi connectivity index (χ4n) is 4.92. The van der Waals surface area contributed by atoms with Crippen molar-refractivity contribution in [2.45, 2.75) is 19.4 Å². The molecule has 2 amide bonds. The fourth-order valence-corrected chi connectivity index (χ4v) is 5.11. The van der Waals surface area contributed by atoms with E-state index in [4.69, 9.17) is 16.3 Å². The minimum Gasteiger partial charge on any atom is -0.454 e. The van der Waals surface area contributed by atoms with E-state index in [1.54, 1.807) is 24.3 Å². The number of ketones is 1. The Balaban J connectivity index is 1.17. The Morgan fingerprint density at radius 3 is 2.21 bits per heavy atom. The van der Waals surface area contributed by atoms with Crippen molar-refractivity contribution in [2.75, 3.05) is 42.6 Å². The second-order valence-corrected chi connectivity index (χ2v) is 10.1. The summed E-state index contributed by atoms with van der Waals surface area (Å²) < 4.78 is 5.17. The Morgan fingerprint density at radius 2 is 1.54 bits per heavy atom. The number of imide groups is 1. The van der Waals surface area contributed by atoms with Gasteiger partial charge in [0.05, 0.1) is 23.7 Å². The van der Waals surface area contributed by atoms with E-state index in [2.05, 4.69) is 9.80 Å². The first-order valence-corrected chi connectivity index (χ1v) is 13.2. The van der Waals surface area contributed by atoms with Gasteiger partial charge in [-0.2, -0.15) is 0 Å². The maximum Gasteiger partial charge on any atom is 0.338 e. The zero-order chi connectivity index (χ0) is 27.5. The van der Waals surface area contributed by atoms with Gasteiger partial charge in [0.15, 0.2) is 12.4 Å². The molecule has 0 aromatic heterocycles. The van der Waals surface area contributed by atoms with Gasteiger partial charge in [0.25, 0.3) is 5.91 Å². The molecule has 1 atom stereocenters. The van der Waals surface area contributed by atoms with Crippen LogP contribution < -0.4 is 9.80 Å². The van der Waals surface area contributed by atoms with E-state index in [1.807, 2.05) is 43.3 Å². The number of halogens is 1. The predicted octanol–water partition coefficient (Wildman–Crippen LogP) is 4.14. The Labute approximate surface area is 231 Å². The van der Waals surface area contributed by atoms with E-state index < -0.39 is 12.0 Å². The number of benzene rings is 3. The van der Waals surface area contributed by atoms with Crippen molar-refractivity contribution in [2.24, 2.45) is 0 Å². The first-order chi connectivity index (χ1) is 18.8. The molecule has 2 aliphatic heterocycles. The third-order valence-corrected chi connectivity index (χ3v) is 7.36. The minimum absolute atomic E-state index is 0.112. The molecule has 0 N–H and O–H groups in total. The van der Waals surface area contributed by atoms with Crippen LogP contribution in [0.2, 0.25) is 5.02 Å². The van der Waals surface area contributed by atoms with Crippen LogP contribution in [0.15, 0.2) is 72.8 Å². The smallest absolute Gasteiger partial charge is 0.338 e. The van der Waals surface area contributed by atoms with E-state index in [9.17, 15) is 19.2 Å². The summed E-state index contributed by atoms with van der Waals surface area (Å²) >= 11 is 6.12. The van der Waals surface area contributed by atoms with Crippen LogP contribution in [-0.4, -0.2) is 67.3 Å². The summed E-state index contributed by atoms with van der Waals surface area (Å²) in [7, 11) is 0. The van der Waals surface area contributed by atoms with Crippen molar-refractivity contribution < 1.29 is 23.9 Å². The van der Waals surface area contributed by atoms with Crippen molar-refractivity contribution in [1.82, 2.24) is 4.90 Å². The molecule has 39 heavy (non-hydrogen) atoms. The number of esters is 1. The highest BCUT2D eigenvalue weighted by atomic mass is 35.5. The molecule has 0 spiro atoms. The largest absolute Gasteiger partial charge is 0.454 e. The number of ether oxygens (including phenoxy) is 1. The van der Waals surface area contributed by atoms with Crippen molar-refractivity contribution in [3.05, 3.63) is 94.5 Å². The lowest BCUT2D eigenvalue weighted by Crippen LogP contribution is -2.52. The van der Waals surface area contributed by atoms with Gasteiger partial charge in [-0.05, 0) is 49.4 Å². The maximum atomic E-state index is 13.3. The normalized spacial score (nSPS) is 17.9. The number of carbonyl (C=O) groups excluding carboxylic acids is 4. The first-order valence-electron chi connectivity index (χ1n) is 12.8. The Bertz CT molecular complexity index is 1400. The molecule has 2 fully saturated rings. The monoisotopic (exact) mass is 545 g/mol. The molecular weight excluding hydrogens is 518 g/mol. The minimum atomic E-state index is -0.656. The van der Waals surface area contributed by atoms with Crippen LogP contribution in [0, 0.1) is 6.92 Å². The number of rotatable bonds is 7. The predicted molar refractivity (Wildman–Crippen MR) is 148 cm³/mol. The van der Waals surface area contributed by atoms with Crippen molar-refractivity contribution >= 4 is 46.5 Å². The van der Waals surface area contributed by atoms with Crippen LogP contribution in [-0.2, 0) is 14.3 Å². The summed E-state index contributed by atoms with van der Waals surface area (Å²) in [5, 5.41) is 0.678. The number of Topliss-reactive ketones (excluding diaryl/α,β-unsaturated/α-hetero) is 1. The van der Waals surface area contributed by atoms with Gasteiger partial charge in [0.1, 0.15) is 0 Å². The zero-order valence-electron chi connectivity index (χ0n) is 21.5. The molecule has 9 heteroatoms. The topological polar surface area (TPSA) is 87.2 Å². The van der Waals surface area contributed by atoms with E-state index in [0.717, 1.165) is 24.3 Å². The molecule has 3 aromatic rings. The van der Waals surface area contributed by atoms with Gasteiger partial charge >= 0.3 is 5.97 Å². The lowest BCUT2D eigenvalue weighted by Gasteiger charge is -2.38. The fraction of sp³-hybridized carbons (Fsp3) is 0.267. The van der Waals surface area contributed by atoms with Gasteiger partial charge < -0.3 is 9.64 Å². The van der Waals surface area contributed by atoms with Crippen LogP contribution in [0.5, 0.6) is 0 Å². The number of anilines is 2. The molecule has 0 saturated carbocycles. The number of aryl methyl sites for hydroxylation is 1. The Hall–Kier alpha value is -4.01. The number of nitrogens with zero attached hydrogens (tertiary/aromatic N) is 3. The van der Waals surface area contributed by atoms with E-state index in [-0.39, 0.29) is 36.2 Å². The van der Waals surface area contributed by atoms with Gasteiger partial charge in [0.2, 0.25) is 5.91 Å². The van der Waals surface area contributed by atoms with Crippen molar-refractivity contribution in [1.29, 1.82) is 0 Å². The molecule has 2 aliphatic rings. The van der Waals surface area contributed by atoms with Crippen LogP contribution in [0.1, 0.15) is 32.7 Å². The van der Waals surface area contributed by atoms with Crippen LogP contribution >= 0.6 is 11.6 Å². The summed E-state index contributed by atoms with van der Waals surface area (Å²) in [6.07, 6.45) is 0.112. The van der Waals surface area contributed by atoms with Gasteiger partial charge in [-0.25, -0.2) is 9.69 Å². The number of carbonyl (C=O) groups is 4. The van der Waals surface area contributed by atoms with Crippen LogP contribution in [0.3, 0.4) is 0 Å². The molecular formula is C30H28ClN3O5. The lowest BCUT2D eigenvalue weighted by molar-refractivity contribution is -0.123. The lowest BCUT2D eigenvalue weighted by atomic mass is 10.1. The molecule has 1 unspecified atom stereocenters. The third kappa shape index (κ3) is 5.87. The number of amides is 2. The average molecular weight is 546 g/mol. The summed E-state index contributed by atoms with van der Waals surface area (Å²) in [6.45, 7) is 4.29. The van der Waals surface area contributed by atoms with Crippen LogP contribution in [0.4, 0.5) is 11.4 Å². The highest BCUT2D eigenvalue weighted by Gasteiger charge is 2.43. The molecule has 3 aromatic carbocycles. The molecule has 2 saturated heterocycles. The van der Waals surface area contributed by atoms with Crippen molar-refractivity contribution in [3.63, 3.8) is 0 Å². The first kappa shape index (κ1) is 26.6. The number of hydrogen-bond acceptors (Lipinski definition) is 7. The highest BCUT2D eigenvalue weighted by Crippen LogP contribution is 2.28. The quantitative estimate of drug-likeness (QED) is 0.250. The second-order valence-electron chi connectivity index (χ2n) is 9.70. The van der Waals surface area contributed by atoms with E-state index in [0.29, 0.717) is 29.4 Å². The summed E-state index contributed by atoms with van der Waals surface area (Å²) in [4.78, 5) is 56.3. The highest BCUT2D eigenvalue weighted by molar-refractivity contribution is 6.30. The van der Waals surface area contributed by atoms with E-state index >= 15 is 0 Å². The molecule has 5 rings (SSSR count). The van der Waals surface area contributed by atoms with Crippen LogP contribution in [0.25, 0.3) is 0 Å². The van der Waals surface area contributed by atoms with Gasteiger partial charge in [-0.3, -0.25) is 19.3 Å². The van der Waals surface area contributed by atoms with Gasteiger partial charge in [-0.1, -0.05) is 47.5 Å². The molecule has 2 heterocycles. The van der Waals surface area contributed by atoms with Gasteiger partial charge in [-0.15, -0.1) is 0 Å². The molecule has 0 aliphatic carbocycles. The maximum absolute atomic E-state index is 13.3. The van der Waals surface area contributed by atoms with Crippen molar-refractivity contribution in [3.8, 4) is 0 Å². The molecule has 0 radical (unpaired) electrons. The number of piperazine rings is 1. The summed E-state index contributed by atoms with van der Waals surface area (Å²) in [6, 6.07) is 20.3. The average Bonchev–Trinajstić information content (AvgIpc) is 3.25. The second kappa shape index (κ2) is 11.4. The SMILES string of the molecule is Cc1ccc(C(=O)COC(=O)c2ccc(N3C(=O)CC(N4CCN(c5cccc(Cl)c5)CC4)C3=O)cc2)cc1. The zero-order valence-corrected chi connectivity index (χ0v) is 22.3. The standard InChI is InChI=1S/C30H28ClN3O5/c1-20-5-7-21(8-6-20)27(35)19-39-30(38)22-9-11-24(12-10-22)34-28(36)18-26(29(34)37)33-15-13-32(14-16-33)25-4-2-3-23(31)17-25/h2-12,17,26H,13-16,18-19H2,1H3. The Kier molecular flexibility index (Phi) is 7.77. The third-order valence-electron chi connectivity index (χ3n) is 7.12.